The lowest BCUT2D eigenvalue weighted by Crippen LogP contribution is -2.36. The summed E-state index contributed by atoms with van der Waals surface area (Å²) in [5.41, 5.74) is 1.11. The molecule has 5 heteroatoms. The van der Waals surface area contributed by atoms with Gasteiger partial charge in [-0.1, -0.05) is 13.8 Å². The molecule has 19 heavy (non-hydrogen) atoms. The molecule has 1 saturated heterocycles. The third kappa shape index (κ3) is 4.44. The summed E-state index contributed by atoms with van der Waals surface area (Å²) in [6.07, 6.45) is 5.24. The minimum absolute atomic E-state index is 0.157. The molecule has 0 aliphatic carbocycles. The monoisotopic (exact) mass is 264 g/mol. The number of piperidine rings is 1. The fourth-order valence-corrected chi connectivity index (χ4v) is 2.17. The third-order valence-electron chi connectivity index (χ3n) is 3.32. The molecule has 5 nitrogen and oxygen atoms in total. The molecule has 1 fully saturated rings. The van der Waals surface area contributed by atoms with E-state index in [-0.39, 0.29) is 6.10 Å². The van der Waals surface area contributed by atoms with Crippen molar-refractivity contribution in [3.05, 3.63) is 18.0 Å². The van der Waals surface area contributed by atoms with Crippen LogP contribution >= 0.6 is 0 Å². The second-order valence-corrected chi connectivity index (χ2v) is 5.63. The van der Waals surface area contributed by atoms with Crippen molar-refractivity contribution >= 4 is 5.95 Å². The Morgan fingerprint density at radius 1 is 1.32 bits per heavy atom. The number of nitrogens with zero attached hydrogens (tertiary/aromatic N) is 3. The Kier molecular flexibility index (Phi) is 5.10. The van der Waals surface area contributed by atoms with Gasteiger partial charge in [0.1, 0.15) is 0 Å². The average Bonchev–Trinajstić information content (AvgIpc) is 2.40. The van der Waals surface area contributed by atoms with Gasteiger partial charge in [0.25, 0.3) is 0 Å². The zero-order valence-corrected chi connectivity index (χ0v) is 11.8. The first-order valence-electron chi connectivity index (χ1n) is 7.10. The molecule has 0 radical (unpaired) electrons. The van der Waals surface area contributed by atoms with Gasteiger partial charge >= 0.3 is 0 Å². The molecule has 0 unspecified atom stereocenters. The van der Waals surface area contributed by atoms with Gasteiger partial charge in [-0.25, -0.2) is 9.97 Å². The van der Waals surface area contributed by atoms with Gasteiger partial charge in [0.2, 0.25) is 5.95 Å². The predicted octanol–water partition coefficient (Wildman–Crippen LogP) is 1.18. The number of nitrogens with one attached hydrogen (secondary N) is 1. The van der Waals surface area contributed by atoms with E-state index in [9.17, 15) is 5.11 Å². The van der Waals surface area contributed by atoms with Gasteiger partial charge in [0, 0.05) is 37.6 Å². The highest BCUT2D eigenvalue weighted by Gasteiger charge is 2.18. The van der Waals surface area contributed by atoms with E-state index in [0.29, 0.717) is 5.92 Å². The van der Waals surface area contributed by atoms with Gasteiger partial charge in [0.05, 0.1) is 6.10 Å². The Labute approximate surface area is 115 Å². The van der Waals surface area contributed by atoms with Gasteiger partial charge in [-0.05, 0) is 25.3 Å². The molecule has 106 valence electrons. The van der Waals surface area contributed by atoms with Gasteiger partial charge in [0.15, 0.2) is 0 Å². The number of aliphatic hydroxyl groups is 1. The fraction of sp³-hybridized carbons (Fsp3) is 0.714. The van der Waals surface area contributed by atoms with Gasteiger partial charge in [-0.2, -0.15) is 0 Å². The van der Waals surface area contributed by atoms with E-state index in [1.807, 2.05) is 12.4 Å². The Hall–Kier alpha value is -1.20. The Morgan fingerprint density at radius 3 is 2.53 bits per heavy atom. The third-order valence-corrected chi connectivity index (χ3v) is 3.32. The molecular formula is C14H24N4O. The van der Waals surface area contributed by atoms with Crippen LogP contribution in [-0.2, 0) is 6.54 Å². The molecule has 1 aromatic heterocycles. The first-order valence-corrected chi connectivity index (χ1v) is 7.10. The van der Waals surface area contributed by atoms with E-state index in [1.165, 1.54) is 0 Å². The Balaban J connectivity index is 1.84. The minimum atomic E-state index is -0.157. The maximum atomic E-state index is 9.48. The van der Waals surface area contributed by atoms with Crippen molar-refractivity contribution in [2.75, 3.05) is 24.5 Å². The molecule has 2 heterocycles. The number of aliphatic hydroxyl groups excluding tert-OH is 1. The summed E-state index contributed by atoms with van der Waals surface area (Å²) in [5.74, 6) is 1.43. The first kappa shape index (κ1) is 14.2. The highest BCUT2D eigenvalue weighted by molar-refractivity contribution is 5.30. The number of anilines is 1. The van der Waals surface area contributed by atoms with E-state index in [1.54, 1.807) is 0 Å². The summed E-state index contributed by atoms with van der Waals surface area (Å²) in [7, 11) is 0. The standard InChI is InChI=1S/C14H24N4O/c1-11(2)7-15-8-12-9-16-14(17-10-12)18-5-3-13(19)4-6-18/h9-11,13,15,19H,3-8H2,1-2H3. The lowest BCUT2D eigenvalue weighted by atomic mass is 10.1. The minimum Gasteiger partial charge on any atom is -0.393 e. The molecule has 1 aliphatic rings. The topological polar surface area (TPSA) is 61.3 Å². The largest absolute Gasteiger partial charge is 0.393 e. The van der Waals surface area contributed by atoms with Crippen LogP contribution < -0.4 is 10.2 Å². The van der Waals surface area contributed by atoms with E-state index in [2.05, 4.69) is 34.0 Å². The van der Waals surface area contributed by atoms with Crippen LogP contribution in [0.25, 0.3) is 0 Å². The molecule has 0 spiro atoms. The molecule has 0 bridgehead atoms. The molecule has 2 rings (SSSR count). The number of aromatic nitrogens is 2. The van der Waals surface area contributed by atoms with E-state index in [4.69, 9.17) is 0 Å². The van der Waals surface area contributed by atoms with Crippen LogP contribution in [0.3, 0.4) is 0 Å². The molecule has 0 saturated carbocycles. The smallest absolute Gasteiger partial charge is 0.225 e. The van der Waals surface area contributed by atoms with Gasteiger partial charge in [-0.15, -0.1) is 0 Å². The zero-order chi connectivity index (χ0) is 13.7. The van der Waals surface area contributed by atoms with Crippen molar-refractivity contribution in [3.8, 4) is 0 Å². The second-order valence-electron chi connectivity index (χ2n) is 5.63. The highest BCUT2D eigenvalue weighted by Crippen LogP contribution is 2.15. The van der Waals surface area contributed by atoms with Crippen LogP contribution in [-0.4, -0.2) is 40.8 Å². The molecule has 0 amide bonds. The lowest BCUT2D eigenvalue weighted by Gasteiger charge is -2.29. The average molecular weight is 264 g/mol. The lowest BCUT2D eigenvalue weighted by molar-refractivity contribution is 0.145. The summed E-state index contributed by atoms with van der Waals surface area (Å²) < 4.78 is 0. The maximum absolute atomic E-state index is 9.48. The predicted molar refractivity (Wildman–Crippen MR) is 76.0 cm³/mol. The molecule has 0 aromatic carbocycles. The van der Waals surface area contributed by atoms with Crippen LogP contribution in [0, 0.1) is 5.92 Å². The van der Waals surface area contributed by atoms with Crippen molar-refractivity contribution < 1.29 is 5.11 Å². The Bertz CT molecular complexity index is 372. The quantitative estimate of drug-likeness (QED) is 0.836. The van der Waals surface area contributed by atoms with Crippen molar-refractivity contribution in [2.24, 2.45) is 5.92 Å². The van der Waals surface area contributed by atoms with Crippen molar-refractivity contribution in [2.45, 2.75) is 39.3 Å². The first-order chi connectivity index (χ1) is 9.15. The zero-order valence-electron chi connectivity index (χ0n) is 11.8. The van der Waals surface area contributed by atoms with Crippen molar-refractivity contribution in [3.63, 3.8) is 0 Å². The molecule has 0 atom stereocenters. The van der Waals surface area contributed by atoms with Crippen LogP contribution in [0.4, 0.5) is 5.95 Å². The van der Waals surface area contributed by atoms with Crippen LogP contribution in [0.15, 0.2) is 12.4 Å². The Morgan fingerprint density at radius 2 is 1.95 bits per heavy atom. The maximum Gasteiger partial charge on any atom is 0.225 e. The number of hydrogen-bond acceptors (Lipinski definition) is 5. The molecular weight excluding hydrogens is 240 g/mol. The fourth-order valence-electron chi connectivity index (χ4n) is 2.17. The van der Waals surface area contributed by atoms with Crippen LogP contribution in [0.2, 0.25) is 0 Å². The summed E-state index contributed by atoms with van der Waals surface area (Å²) >= 11 is 0. The normalized spacial score (nSPS) is 17.2. The summed E-state index contributed by atoms with van der Waals surface area (Å²) in [4.78, 5) is 11.0. The van der Waals surface area contributed by atoms with Gasteiger partial charge < -0.3 is 15.3 Å². The molecule has 1 aromatic rings. The van der Waals surface area contributed by atoms with Crippen molar-refractivity contribution in [1.29, 1.82) is 0 Å². The van der Waals surface area contributed by atoms with Crippen LogP contribution in [0.1, 0.15) is 32.3 Å². The van der Waals surface area contributed by atoms with E-state index < -0.39 is 0 Å². The summed E-state index contributed by atoms with van der Waals surface area (Å²) in [6, 6.07) is 0. The van der Waals surface area contributed by atoms with Crippen LogP contribution in [0.5, 0.6) is 0 Å². The molecule has 2 N–H and O–H groups in total. The summed E-state index contributed by atoms with van der Waals surface area (Å²) in [5, 5.41) is 12.9. The number of hydrogen-bond donors (Lipinski definition) is 2. The van der Waals surface area contributed by atoms with Crippen molar-refractivity contribution in [1.82, 2.24) is 15.3 Å². The SMILES string of the molecule is CC(C)CNCc1cnc(N2CCC(O)CC2)nc1. The highest BCUT2D eigenvalue weighted by atomic mass is 16.3. The van der Waals surface area contributed by atoms with E-state index >= 15 is 0 Å². The van der Waals surface area contributed by atoms with E-state index in [0.717, 1.165) is 50.5 Å². The summed E-state index contributed by atoms with van der Waals surface area (Å²) in [6.45, 7) is 7.88. The second kappa shape index (κ2) is 6.82. The van der Waals surface area contributed by atoms with Gasteiger partial charge in [-0.3, -0.25) is 0 Å². The number of rotatable bonds is 5. The molecule has 1 aliphatic heterocycles.